The molecule has 0 aromatic heterocycles. The van der Waals surface area contributed by atoms with Crippen LogP contribution in [0.2, 0.25) is 0 Å². The van der Waals surface area contributed by atoms with Gasteiger partial charge in [0.1, 0.15) is 0 Å². The van der Waals surface area contributed by atoms with Crippen molar-refractivity contribution in [2.75, 3.05) is 26.4 Å². The Balaban J connectivity index is -0.000000727. The van der Waals surface area contributed by atoms with Gasteiger partial charge in [-0.25, -0.2) is 0 Å². The maximum absolute atomic E-state index is 11.5. The molecule has 11 heteroatoms. The van der Waals surface area contributed by atoms with E-state index >= 15 is 0 Å². The van der Waals surface area contributed by atoms with Crippen LogP contribution < -0.4 is 9.79 Å². The molecular formula is C32H68O8P2Ti. The minimum Gasteiger partial charge on any atom is -0.756 e. The first kappa shape index (κ1) is 48.3. The Morgan fingerprint density at radius 1 is 0.349 bits per heavy atom. The van der Waals surface area contributed by atoms with Gasteiger partial charge in [0.15, 0.2) is 0 Å². The molecule has 0 N–H and O–H groups in total. The normalized spacial score (nSPS) is 11.7. The number of hydrogen-bond acceptors (Lipinski definition) is 8. The number of phosphoric ester groups is 2. The SMILES string of the molecule is CCCCCCCCOP(=O)([O-])OCCCCCCCC.CCCCCCCCOP(=O)([O-])OCCCCCCCC.[Ti+2]. The fourth-order valence-electron chi connectivity index (χ4n) is 4.31. The molecule has 0 radical (unpaired) electrons. The first-order valence-corrected chi connectivity index (χ1v) is 20.4. The second-order valence-electron chi connectivity index (χ2n) is 11.3. The summed E-state index contributed by atoms with van der Waals surface area (Å²) in [7, 11) is -8.13. The van der Waals surface area contributed by atoms with E-state index in [-0.39, 0.29) is 48.1 Å². The van der Waals surface area contributed by atoms with Gasteiger partial charge in [-0.3, -0.25) is 9.13 Å². The van der Waals surface area contributed by atoms with Crippen molar-refractivity contribution >= 4 is 15.6 Å². The molecule has 8 nitrogen and oxygen atoms in total. The molecule has 0 fully saturated rings. The molecule has 0 aromatic rings. The van der Waals surface area contributed by atoms with Crippen LogP contribution in [0, 0.1) is 0 Å². The van der Waals surface area contributed by atoms with Crippen LogP contribution in [0.15, 0.2) is 0 Å². The van der Waals surface area contributed by atoms with Crippen LogP contribution in [0.5, 0.6) is 0 Å². The van der Waals surface area contributed by atoms with Crippen molar-refractivity contribution in [3.05, 3.63) is 0 Å². The average Bonchev–Trinajstić information content (AvgIpc) is 2.95. The van der Waals surface area contributed by atoms with Crippen LogP contribution >= 0.6 is 15.6 Å². The van der Waals surface area contributed by atoms with E-state index in [1.807, 2.05) is 0 Å². The molecule has 0 aliphatic rings. The molecule has 0 aliphatic carbocycles. The number of unbranched alkanes of at least 4 members (excludes halogenated alkanes) is 20. The summed E-state index contributed by atoms with van der Waals surface area (Å²) in [5.74, 6) is 0. The summed E-state index contributed by atoms with van der Waals surface area (Å²) in [4.78, 5) is 23.0. The van der Waals surface area contributed by atoms with Crippen LogP contribution in [-0.2, 0) is 48.9 Å². The van der Waals surface area contributed by atoms with Crippen molar-refractivity contribution in [2.24, 2.45) is 0 Å². The van der Waals surface area contributed by atoms with Gasteiger partial charge in [0, 0.05) is 0 Å². The maximum Gasteiger partial charge on any atom is 2.00 e. The van der Waals surface area contributed by atoms with Crippen molar-refractivity contribution in [1.82, 2.24) is 0 Å². The molecule has 0 aromatic carbocycles. The molecule has 0 rings (SSSR count). The molecule has 0 bridgehead atoms. The Labute approximate surface area is 281 Å². The zero-order valence-corrected chi connectivity index (χ0v) is 31.8. The molecule has 0 unspecified atom stereocenters. The van der Waals surface area contributed by atoms with E-state index in [1.165, 1.54) is 77.0 Å². The van der Waals surface area contributed by atoms with Gasteiger partial charge in [0.2, 0.25) is 0 Å². The molecule has 0 spiro atoms. The fourth-order valence-corrected chi connectivity index (χ4v) is 5.87. The molecule has 0 amide bonds. The molecule has 0 saturated heterocycles. The van der Waals surface area contributed by atoms with E-state index in [4.69, 9.17) is 18.1 Å². The van der Waals surface area contributed by atoms with Crippen molar-refractivity contribution in [3.8, 4) is 0 Å². The van der Waals surface area contributed by atoms with Crippen LogP contribution in [-0.4, -0.2) is 26.4 Å². The predicted octanol–water partition coefficient (Wildman–Crippen LogP) is 10.4. The standard InChI is InChI=1S/2C16H35O4P.Ti/c2*1-3-5-7-9-11-13-15-19-21(17,18)20-16-14-12-10-8-6-4-2;/h2*3-16H2,1-2H3,(H,17,18);/q;;+2/p-2. The molecule has 0 saturated carbocycles. The van der Waals surface area contributed by atoms with E-state index < -0.39 is 15.6 Å². The van der Waals surface area contributed by atoms with E-state index in [1.54, 1.807) is 0 Å². The predicted molar refractivity (Wildman–Crippen MR) is 173 cm³/mol. The van der Waals surface area contributed by atoms with Crippen LogP contribution in [0.25, 0.3) is 0 Å². The Bertz CT molecular complexity index is 532. The topological polar surface area (TPSA) is 117 Å². The van der Waals surface area contributed by atoms with Gasteiger partial charge in [-0.15, -0.1) is 0 Å². The summed E-state index contributed by atoms with van der Waals surface area (Å²) in [6.45, 7) is 9.73. The third kappa shape index (κ3) is 42.9. The van der Waals surface area contributed by atoms with Crippen molar-refractivity contribution < 1.29 is 58.7 Å². The van der Waals surface area contributed by atoms with Crippen LogP contribution in [0.4, 0.5) is 0 Å². The summed E-state index contributed by atoms with van der Waals surface area (Å²) in [6, 6.07) is 0. The average molecular weight is 691 g/mol. The first-order valence-electron chi connectivity index (χ1n) is 17.4. The summed E-state index contributed by atoms with van der Waals surface area (Å²) in [6.07, 6.45) is 26.6. The quantitative estimate of drug-likeness (QED) is 0.0389. The summed E-state index contributed by atoms with van der Waals surface area (Å²) >= 11 is 0. The second kappa shape index (κ2) is 37.4. The zero-order valence-electron chi connectivity index (χ0n) is 28.5. The van der Waals surface area contributed by atoms with Gasteiger partial charge >= 0.3 is 21.7 Å². The second-order valence-corrected chi connectivity index (χ2v) is 14.1. The Morgan fingerprint density at radius 3 is 0.698 bits per heavy atom. The summed E-state index contributed by atoms with van der Waals surface area (Å²) in [5, 5.41) is 0. The van der Waals surface area contributed by atoms with Gasteiger partial charge in [-0.1, -0.05) is 156 Å². The fraction of sp³-hybridized carbons (Fsp3) is 1.00. The minimum absolute atomic E-state index is 0. The first-order chi connectivity index (χ1) is 20.2. The Hall–Kier alpha value is 0.934. The largest absolute Gasteiger partial charge is 2.00 e. The smallest absolute Gasteiger partial charge is 0.756 e. The molecule has 258 valence electrons. The van der Waals surface area contributed by atoms with Crippen molar-refractivity contribution in [1.29, 1.82) is 0 Å². The van der Waals surface area contributed by atoms with E-state index in [0.717, 1.165) is 77.0 Å². The number of rotatable bonds is 32. The molecule has 0 heterocycles. The zero-order chi connectivity index (χ0) is 31.6. The van der Waals surface area contributed by atoms with Crippen LogP contribution in [0.3, 0.4) is 0 Å². The van der Waals surface area contributed by atoms with Gasteiger partial charge in [-0.2, -0.15) is 0 Å². The Morgan fingerprint density at radius 2 is 0.512 bits per heavy atom. The number of phosphoric acid groups is 2. The van der Waals surface area contributed by atoms with Gasteiger partial charge in [0.05, 0.1) is 26.4 Å². The molecule has 0 aliphatic heterocycles. The van der Waals surface area contributed by atoms with E-state index in [0.29, 0.717) is 0 Å². The minimum atomic E-state index is -4.07. The molecular weight excluding hydrogens is 622 g/mol. The number of hydrogen-bond donors (Lipinski definition) is 0. The third-order valence-corrected chi connectivity index (χ3v) is 8.98. The van der Waals surface area contributed by atoms with E-state index in [2.05, 4.69) is 27.7 Å². The van der Waals surface area contributed by atoms with Gasteiger partial charge in [-0.05, 0) is 25.7 Å². The van der Waals surface area contributed by atoms with E-state index in [9.17, 15) is 18.9 Å². The summed E-state index contributed by atoms with van der Waals surface area (Å²) < 4.78 is 42.4. The summed E-state index contributed by atoms with van der Waals surface area (Å²) in [5.41, 5.74) is 0. The maximum atomic E-state index is 11.5. The molecule has 43 heavy (non-hydrogen) atoms. The van der Waals surface area contributed by atoms with Crippen molar-refractivity contribution in [3.63, 3.8) is 0 Å². The third-order valence-electron chi connectivity index (χ3n) is 6.99. The van der Waals surface area contributed by atoms with Gasteiger partial charge in [0.25, 0.3) is 15.6 Å². The van der Waals surface area contributed by atoms with Crippen molar-refractivity contribution in [2.45, 2.75) is 182 Å². The Kier molecular flexibility index (Phi) is 42.0. The van der Waals surface area contributed by atoms with Crippen LogP contribution in [0.1, 0.15) is 182 Å². The molecule has 0 atom stereocenters. The van der Waals surface area contributed by atoms with Gasteiger partial charge < -0.3 is 27.9 Å². The monoisotopic (exact) mass is 690 g/mol.